The first kappa shape index (κ1) is 21.4. The number of anilines is 1. The fourth-order valence-electron chi connectivity index (χ4n) is 2.61. The summed E-state index contributed by atoms with van der Waals surface area (Å²) in [6.45, 7) is 0. The van der Waals surface area contributed by atoms with E-state index < -0.39 is 0 Å². The molecule has 4 nitrogen and oxygen atoms in total. The molecule has 0 aliphatic carbocycles. The minimum atomic E-state index is -0.255. The predicted molar refractivity (Wildman–Crippen MR) is 121 cm³/mol. The first-order valence-corrected chi connectivity index (χ1v) is 10.8. The Labute approximate surface area is 186 Å². The van der Waals surface area contributed by atoms with Crippen molar-refractivity contribution in [3.05, 3.63) is 87.4 Å². The quantitative estimate of drug-likeness (QED) is 0.322. The topological polar surface area (TPSA) is 55.4 Å². The lowest BCUT2D eigenvalue weighted by molar-refractivity contribution is -0.113. The number of amides is 1. The highest BCUT2D eigenvalue weighted by Gasteiger charge is 2.18. The van der Waals surface area contributed by atoms with E-state index in [2.05, 4.69) is 21.2 Å². The van der Waals surface area contributed by atoms with Crippen LogP contribution in [0, 0.1) is 0 Å². The Morgan fingerprint density at radius 2 is 1.76 bits per heavy atom. The highest BCUT2D eigenvalue weighted by atomic mass is 79.9. The summed E-state index contributed by atoms with van der Waals surface area (Å²) in [5.41, 5.74) is 1.20. The molecule has 3 aromatic rings. The Bertz CT molecular complexity index is 1040. The molecule has 148 valence electrons. The van der Waals surface area contributed by atoms with Crippen LogP contribution in [0.1, 0.15) is 15.9 Å². The summed E-state index contributed by atoms with van der Waals surface area (Å²) >= 11 is 11.0. The third-order valence-electron chi connectivity index (χ3n) is 4.05. The molecule has 0 spiro atoms. The highest BCUT2D eigenvalue weighted by molar-refractivity contribution is 9.10. The third-order valence-corrected chi connectivity index (χ3v) is 5.88. The first-order valence-electron chi connectivity index (χ1n) is 8.63. The van der Waals surface area contributed by atoms with E-state index in [1.54, 1.807) is 49.6 Å². The van der Waals surface area contributed by atoms with Crippen LogP contribution in [0.5, 0.6) is 5.75 Å². The van der Waals surface area contributed by atoms with Crippen molar-refractivity contribution < 1.29 is 14.3 Å². The zero-order chi connectivity index (χ0) is 20.8. The van der Waals surface area contributed by atoms with Gasteiger partial charge in [0.05, 0.1) is 23.6 Å². The second kappa shape index (κ2) is 9.96. The van der Waals surface area contributed by atoms with Gasteiger partial charge in [0.25, 0.3) is 0 Å². The zero-order valence-electron chi connectivity index (χ0n) is 15.4. The van der Waals surface area contributed by atoms with Crippen molar-refractivity contribution in [1.29, 1.82) is 0 Å². The van der Waals surface area contributed by atoms with Crippen LogP contribution in [0.25, 0.3) is 0 Å². The van der Waals surface area contributed by atoms with E-state index in [1.165, 1.54) is 11.8 Å². The molecule has 3 rings (SSSR count). The summed E-state index contributed by atoms with van der Waals surface area (Å²) in [5, 5.41) is 3.20. The minimum Gasteiger partial charge on any atom is -0.497 e. The second-order valence-electron chi connectivity index (χ2n) is 6.01. The molecular weight excluding hydrogens is 474 g/mol. The first-order chi connectivity index (χ1) is 14.0. The van der Waals surface area contributed by atoms with Crippen LogP contribution in [0.4, 0.5) is 5.69 Å². The van der Waals surface area contributed by atoms with Crippen LogP contribution >= 0.6 is 39.3 Å². The van der Waals surface area contributed by atoms with Gasteiger partial charge in [0.15, 0.2) is 5.78 Å². The number of thioether (sulfide) groups is 1. The van der Waals surface area contributed by atoms with Crippen molar-refractivity contribution in [2.45, 2.75) is 4.90 Å². The Morgan fingerprint density at radius 3 is 2.45 bits per heavy atom. The van der Waals surface area contributed by atoms with E-state index in [-0.39, 0.29) is 17.4 Å². The molecule has 7 heteroatoms. The number of hydrogen-bond donors (Lipinski definition) is 1. The lowest BCUT2D eigenvalue weighted by Crippen LogP contribution is -2.17. The van der Waals surface area contributed by atoms with Gasteiger partial charge in [0, 0.05) is 20.5 Å². The second-order valence-corrected chi connectivity index (χ2v) is 8.38. The van der Waals surface area contributed by atoms with Gasteiger partial charge < -0.3 is 10.1 Å². The molecule has 0 radical (unpaired) electrons. The standard InChI is InChI=1S/C22H17BrClNO3S/c1-28-15-7-9-16(10-8-15)29-13-21(26)25-20-11-6-14(23)12-18(20)22(27)17-4-2-3-5-19(17)24/h2-12H,13H2,1H3,(H,25,26). The van der Waals surface area contributed by atoms with Crippen molar-refractivity contribution in [2.75, 3.05) is 18.2 Å². The molecular formula is C22H17BrClNO3S. The van der Waals surface area contributed by atoms with E-state index in [1.807, 2.05) is 24.3 Å². The number of ketones is 1. The van der Waals surface area contributed by atoms with Gasteiger partial charge >= 0.3 is 0 Å². The SMILES string of the molecule is COc1ccc(SCC(=O)Nc2ccc(Br)cc2C(=O)c2ccccc2Cl)cc1. The molecule has 1 amide bonds. The van der Waals surface area contributed by atoms with Gasteiger partial charge in [0.2, 0.25) is 5.91 Å². The number of ether oxygens (including phenoxy) is 1. The molecule has 0 saturated carbocycles. The lowest BCUT2D eigenvalue weighted by atomic mass is 10.0. The number of methoxy groups -OCH3 is 1. The molecule has 0 aromatic heterocycles. The summed E-state index contributed by atoms with van der Waals surface area (Å²) in [6, 6.07) is 19.5. The molecule has 0 saturated heterocycles. The lowest BCUT2D eigenvalue weighted by Gasteiger charge is -2.12. The van der Waals surface area contributed by atoms with Crippen LogP contribution < -0.4 is 10.1 Å². The fourth-order valence-corrected chi connectivity index (χ4v) is 3.89. The predicted octanol–water partition coefficient (Wildman–Crippen LogP) is 6.07. The molecule has 0 aliphatic rings. The van der Waals surface area contributed by atoms with E-state index in [0.717, 1.165) is 15.1 Å². The molecule has 0 unspecified atom stereocenters. The van der Waals surface area contributed by atoms with E-state index >= 15 is 0 Å². The monoisotopic (exact) mass is 489 g/mol. The normalized spacial score (nSPS) is 10.4. The van der Waals surface area contributed by atoms with Crippen molar-refractivity contribution in [2.24, 2.45) is 0 Å². The molecule has 0 aliphatic heterocycles. The molecule has 1 N–H and O–H groups in total. The smallest absolute Gasteiger partial charge is 0.234 e. The van der Waals surface area contributed by atoms with Gasteiger partial charge in [-0.3, -0.25) is 9.59 Å². The number of carbonyl (C=O) groups is 2. The van der Waals surface area contributed by atoms with E-state index in [9.17, 15) is 9.59 Å². The highest BCUT2D eigenvalue weighted by Crippen LogP contribution is 2.27. The van der Waals surface area contributed by atoms with E-state index in [4.69, 9.17) is 16.3 Å². The summed E-state index contributed by atoms with van der Waals surface area (Å²) in [6.07, 6.45) is 0. The third kappa shape index (κ3) is 5.63. The van der Waals surface area contributed by atoms with Gasteiger partial charge in [-0.1, -0.05) is 39.7 Å². The molecule has 29 heavy (non-hydrogen) atoms. The number of carbonyl (C=O) groups excluding carboxylic acids is 2. The number of rotatable bonds is 7. The molecule has 3 aromatic carbocycles. The Balaban J connectivity index is 1.74. The van der Waals surface area contributed by atoms with Gasteiger partial charge in [0.1, 0.15) is 5.75 Å². The molecule has 0 heterocycles. The average Bonchev–Trinajstić information content (AvgIpc) is 2.74. The fraction of sp³-hybridized carbons (Fsp3) is 0.0909. The van der Waals surface area contributed by atoms with Gasteiger partial charge in [-0.05, 0) is 54.6 Å². The zero-order valence-corrected chi connectivity index (χ0v) is 18.6. The maximum atomic E-state index is 13.0. The van der Waals surface area contributed by atoms with Gasteiger partial charge in [-0.2, -0.15) is 0 Å². The number of halogens is 2. The average molecular weight is 491 g/mol. The molecule has 0 fully saturated rings. The largest absolute Gasteiger partial charge is 0.497 e. The summed E-state index contributed by atoms with van der Waals surface area (Å²) in [7, 11) is 1.61. The Kier molecular flexibility index (Phi) is 7.36. The maximum Gasteiger partial charge on any atom is 0.234 e. The van der Waals surface area contributed by atoms with Crippen LogP contribution in [-0.4, -0.2) is 24.6 Å². The number of nitrogens with one attached hydrogen (secondary N) is 1. The van der Waals surface area contributed by atoms with E-state index in [0.29, 0.717) is 21.8 Å². The minimum absolute atomic E-state index is 0.207. The maximum absolute atomic E-state index is 13.0. The Hall–Kier alpha value is -2.28. The summed E-state index contributed by atoms with van der Waals surface area (Å²) in [4.78, 5) is 26.4. The van der Waals surface area contributed by atoms with Crippen molar-refractivity contribution in [3.8, 4) is 5.75 Å². The molecule has 0 atom stereocenters. The van der Waals surface area contributed by atoms with Crippen LogP contribution in [0.2, 0.25) is 5.02 Å². The number of hydrogen-bond acceptors (Lipinski definition) is 4. The van der Waals surface area contributed by atoms with Gasteiger partial charge in [-0.25, -0.2) is 0 Å². The van der Waals surface area contributed by atoms with Crippen LogP contribution in [-0.2, 0) is 4.79 Å². The van der Waals surface area contributed by atoms with Crippen LogP contribution in [0.15, 0.2) is 76.1 Å². The summed E-state index contributed by atoms with van der Waals surface area (Å²) < 4.78 is 5.86. The van der Waals surface area contributed by atoms with Crippen molar-refractivity contribution >= 4 is 56.7 Å². The molecule has 0 bridgehead atoms. The van der Waals surface area contributed by atoms with Crippen molar-refractivity contribution in [1.82, 2.24) is 0 Å². The van der Waals surface area contributed by atoms with Crippen LogP contribution in [0.3, 0.4) is 0 Å². The Morgan fingerprint density at radius 1 is 1.03 bits per heavy atom. The van der Waals surface area contributed by atoms with Gasteiger partial charge in [-0.15, -0.1) is 11.8 Å². The van der Waals surface area contributed by atoms with Crippen molar-refractivity contribution in [3.63, 3.8) is 0 Å². The summed E-state index contributed by atoms with van der Waals surface area (Å²) in [5.74, 6) is 0.509. The number of benzene rings is 3.